The molecule has 2 N–H and O–H groups in total. The van der Waals surface area contributed by atoms with Crippen LogP contribution in [0.1, 0.15) is 87.1 Å². The molecular weight excluding hydrogens is 492 g/mol. The van der Waals surface area contributed by atoms with Gasteiger partial charge in [0, 0.05) is 49.9 Å². The fraction of sp³-hybridized carbons (Fsp3) is 0.710. The third-order valence-electron chi connectivity index (χ3n) is 9.53. The van der Waals surface area contributed by atoms with Crippen molar-refractivity contribution in [2.45, 2.75) is 83.3 Å². The molecule has 2 amide bonds. The van der Waals surface area contributed by atoms with E-state index < -0.39 is 17.9 Å². The topological polar surface area (TPSA) is 96.2 Å². The van der Waals surface area contributed by atoms with E-state index in [4.69, 9.17) is 10.5 Å². The molecule has 3 saturated heterocycles. The molecule has 1 aromatic carbocycles. The standard InChI is InChI=1S/C31H46N4O4/c1-3-8-22-19-35(28-26(36)20-39-29(22)28)31(38)27(21-9-6-5-7-10-21)25-18-23(11-12-24(25)30(32)37)34-16-14-33(13-4-2)15-17-34/h11-12,18,21-22,27-29H,3-10,13-17,19-20H2,1-2H3,(H2,32,37)/t22-,27-,28+,29+/m0/s1. The Balaban J connectivity index is 1.50. The average Bonchev–Trinajstić information content (AvgIpc) is 3.51. The number of likely N-dealkylation sites (tertiary alicyclic amines) is 1. The summed E-state index contributed by atoms with van der Waals surface area (Å²) in [5.74, 6) is -0.708. The zero-order valence-electron chi connectivity index (χ0n) is 23.8. The quantitative estimate of drug-likeness (QED) is 0.516. The molecule has 0 spiro atoms. The van der Waals surface area contributed by atoms with Gasteiger partial charge in [0.05, 0.1) is 12.0 Å². The highest BCUT2D eigenvalue weighted by molar-refractivity contribution is 5.99. The molecule has 0 unspecified atom stereocenters. The first-order valence-electron chi connectivity index (χ1n) is 15.3. The zero-order valence-corrected chi connectivity index (χ0v) is 23.8. The van der Waals surface area contributed by atoms with Crippen molar-refractivity contribution in [3.8, 4) is 0 Å². The summed E-state index contributed by atoms with van der Waals surface area (Å²) in [5, 5.41) is 0. The van der Waals surface area contributed by atoms with Crippen LogP contribution in [-0.2, 0) is 14.3 Å². The smallest absolute Gasteiger partial charge is 0.249 e. The number of rotatable bonds is 9. The Labute approximate surface area is 233 Å². The van der Waals surface area contributed by atoms with Gasteiger partial charge in [-0.05, 0) is 61.9 Å². The van der Waals surface area contributed by atoms with Gasteiger partial charge in [0.2, 0.25) is 11.8 Å². The van der Waals surface area contributed by atoms with Crippen molar-refractivity contribution in [3.05, 3.63) is 29.3 Å². The van der Waals surface area contributed by atoms with Crippen molar-refractivity contribution in [3.63, 3.8) is 0 Å². The van der Waals surface area contributed by atoms with Crippen molar-refractivity contribution >= 4 is 23.3 Å². The number of nitrogens with zero attached hydrogens (tertiary/aromatic N) is 3. The first-order chi connectivity index (χ1) is 18.9. The highest BCUT2D eigenvalue weighted by Gasteiger charge is 2.53. The van der Waals surface area contributed by atoms with Crippen LogP contribution in [0.5, 0.6) is 0 Å². The molecule has 3 heterocycles. The predicted octanol–water partition coefficient (Wildman–Crippen LogP) is 3.58. The van der Waals surface area contributed by atoms with E-state index in [1.807, 2.05) is 17.0 Å². The fourth-order valence-electron chi connectivity index (χ4n) is 7.62. The van der Waals surface area contributed by atoms with Crippen LogP contribution in [-0.4, -0.2) is 85.4 Å². The molecule has 5 rings (SSSR count). The zero-order chi connectivity index (χ0) is 27.5. The maximum Gasteiger partial charge on any atom is 0.249 e. The molecule has 1 saturated carbocycles. The normalized spacial score (nSPS) is 27.1. The molecule has 3 aliphatic heterocycles. The number of benzene rings is 1. The number of carbonyl (C=O) groups excluding carboxylic acids is 3. The summed E-state index contributed by atoms with van der Waals surface area (Å²) < 4.78 is 5.92. The van der Waals surface area contributed by atoms with Crippen LogP contribution in [0.15, 0.2) is 18.2 Å². The van der Waals surface area contributed by atoms with Crippen molar-refractivity contribution < 1.29 is 19.1 Å². The number of Topliss-reactive ketones (excluding diaryl/α,β-unsaturated/α-hetero) is 1. The number of amides is 2. The van der Waals surface area contributed by atoms with Crippen LogP contribution in [0, 0.1) is 11.8 Å². The van der Waals surface area contributed by atoms with Crippen LogP contribution < -0.4 is 10.6 Å². The summed E-state index contributed by atoms with van der Waals surface area (Å²) >= 11 is 0. The second kappa shape index (κ2) is 12.4. The number of nitrogens with two attached hydrogens (primary N) is 1. The van der Waals surface area contributed by atoms with Crippen molar-refractivity contribution in [1.82, 2.24) is 9.80 Å². The Morgan fingerprint density at radius 3 is 2.46 bits per heavy atom. The summed E-state index contributed by atoms with van der Waals surface area (Å²) in [6.07, 6.45) is 8.05. The maximum atomic E-state index is 14.6. The average molecular weight is 539 g/mol. The van der Waals surface area contributed by atoms with Crippen LogP contribution >= 0.6 is 0 Å². The van der Waals surface area contributed by atoms with E-state index in [0.717, 1.165) is 88.9 Å². The van der Waals surface area contributed by atoms with Crippen molar-refractivity contribution in [2.24, 2.45) is 17.6 Å². The molecule has 39 heavy (non-hydrogen) atoms. The third kappa shape index (κ3) is 5.73. The number of fused-ring (bicyclic) bond motifs is 1. The summed E-state index contributed by atoms with van der Waals surface area (Å²) in [6, 6.07) is 5.37. The Bertz CT molecular complexity index is 1050. The molecule has 1 aromatic rings. The number of ether oxygens (including phenoxy) is 1. The minimum atomic E-state index is -0.507. The minimum Gasteiger partial charge on any atom is -0.369 e. The minimum absolute atomic E-state index is 0.00294. The fourth-order valence-corrected chi connectivity index (χ4v) is 7.62. The highest BCUT2D eigenvalue weighted by Crippen LogP contribution is 2.43. The number of hydrogen-bond acceptors (Lipinski definition) is 6. The Hall–Kier alpha value is -2.45. The monoisotopic (exact) mass is 538 g/mol. The van der Waals surface area contributed by atoms with Gasteiger partial charge in [-0.1, -0.05) is 39.5 Å². The van der Waals surface area contributed by atoms with Gasteiger partial charge in [-0.2, -0.15) is 0 Å². The number of ketones is 1. The van der Waals surface area contributed by atoms with Gasteiger partial charge >= 0.3 is 0 Å². The Morgan fingerprint density at radius 1 is 1.05 bits per heavy atom. The Morgan fingerprint density at radius 2 is 1.79 bits per heavy atom. The SMILES string of the molecule is CCC[C@H]1CN(C(=O)[C@H](c2cc(N3CCN(CCC)CC3)ccc2C(N)=O)C2CCCCC2)[C@@H]2C(=O)CO[C@H]12. The van der Waals surface area contributed by atoms with E-state index in [2.05, 4.69) is 29.7 Å². The molecule has 1 aliphatic carbocycles. The second-order valence-corrected chi connectivity index (χ2v) is 12.1. The molecule has 0 radical (unpaired) electrons. The number of hydrogen-bond donors (Lipinski definition) is 1. The molecule has 8 heteroatoms. The van der Waals surface area contributed by atoms with E-state index >= 15 is 0 Å². The lowest BCUT2D eigenvalue weighted by atomic mass is 9.74. The first-order valence-corrected chi connectivity index (χ1v) is 15.3. The lowest BCUT2D eigenvalue weighted by Crippen LogP contribution is -2.47. The van der Waals surface area contributed by atoms with Gasteiger partial charge in [-0.25, -0.2) is 0 Å². The van der Waals surface area contributed by atoms with Gasteiger partial charge in [-0.15, -0.1) is 0 Å². The van der Waals surface area contributed by atoms with Crippen LogP contribution in [0.4, 0.5) is 5.69 Å². The molecule has 214 valence electrons. The predicted molar refractivity (Wildman–Crippen MR) is 152 cm³/mol. The van der Waals surface area contributed by atoms with E-state index in [-0.39, 0.29) is 36.2 Å². The van der Waals surface area contributed by atoms with Gasteiger partial charge in [-0.3, -0.25) is 19.3 Å². The molecule has 0 aromatic heterocycles. The number of carbonyl (C=O) groups is 3. The van der Waals surface area contributed by atoms with E-state index in [1.54, 1.807) is 0 Å². The van der Waals surface area contributed by atoms with E-state index in [9.17, 15) is 14.4 Å². The van der Waals surface area contributed by atoms with Crippen LogP contribution in [0.3, 0.4) is 0 Å². The third-order valence-corrected chi connectivity index (χ3v) is 9.53. The van der Waals surface area contributed by atoms with Crippen molar-refractivity contribution in [2.75, 3.05) is 50.8 Å². The number of anilines is 1. The summed E-state index contributed by atoms with van der Waals surface area (Å²) in [6.45, 7) is 9.91. The molecular formula is C31H46N4O4. The molecule has 8 nitrogen and oxygen atoms in total. The Kier molecular flexibility index (Phi) is 8.92. The number of primary amides is 1. The highest BCUT2D eigenvalue weighted by atomic mass is 16.5. The summed E-state index contributed by atoms with van der Waals surface area (Å²) in [4.78, 5) is 47.0. The van der Waals surface area contributed by atoms with Crippen LogP contribution in [0.2, 0.25) is 0 Å². The lowest BCUT2D eigenvalue weighted by molar-refractivity contribution is -0.139. The largest absolute Gasteiger partial charge is 0.369 e. The summed E-state index contributed by atoms with van der Waals surface area (Å²) in [5.41, 5.74) is 8.15. The van der Waals surface area contributed by atoms with Gasteiger partial charge in [0.1, 0.15) is 12.6 Å². The summed E-state index contributed by atoms with van der Waals surface area (Å²) in [7, 11) is 0. The van der Waals surface area contributed by atoms with Crippen LogP contribution in [0.25, 0.3) is 0 Å². The van der Waals surface area contributed by atoms with Crippen molar-refractivity contribution in [1.29, 1.82) is 0 Å². The number of piperazine rings is 1. The maximum absolute atomic E-state index is 14.6. The van der Waals surface area contributed by atoms with Gasteiger partial charge in [0.15, 0.2) is 5.78 Å². The lowest BCUT2D eigenvalue weighted by Gasteiger charge is -2.37. The molecule has 4 aliphatic rings. The van der Waals surface area contributed by atoms with E-state index in [0.29, 0.717) is 12.1 Å². The first kappa shape index (κ1) is 28.1. The van der Waals surface area contributed by atoms with Gasteiger partial charge in [0.25, 0.3) is 0 Å². The molecule has 0 bridgehead atoms. The molecule has 4 atom stereocenters. The molecule has 4 fully saturated rings. The second-order valence-electron chi connectivity index (χ2n) is 12.1. The van der Waals surface area contributed by atoms with Gasteiger partial charge < -0.3 is 20.3 Å². The van der Waals surface area contributed by atoms with E-state index in [1.165, 1.54) is 6.42 Å².